The third kappa shape index (κ3) is 2.49. The number of hydrogen-bond acceptors (Lipinski definition) is 5. The van der Waals surface area contributed by atoms with E-state index in [1.54, 1.807) is 38.3 Å². The number of aromatic nitrogens is 2. The average Bonchev–Trinajstić information content (AvgIpc) is 2.78. The fraction of sp³-hybridized carbons (Fsp3) is 0.357. The molecule has 20 heavy (non-hydrogen) atoms. The van der Waals surface area contributed by atoms with E-state index in [1.165, 1.54) is 0 Å². The molecule has 0 aliphatic carbocycles. The van der Waals surface area contributed by atoms with Gasteiger partial charge in [-0.1, -0.05) is 0 Å². The summed E-state index contributed by atoms with van der Waals surface area (Å²) < 4.78 is 17.7. The van der Waals surface area contributed by atoms with E-state index in [2.05, 4.69) is 5.10 Å². The van der Waals surface area contributed by atoms with Crippen LogP contribution in [-0.4, -0.2) is 31.1 Å². The lowest BCUT2D eigenvalue weighted by Gasteiger charge is -2.14. The van der Waals surface area contributed by atoms with E-state index in [4.69, 9.17) is 19.9 Å². The highest BCUT2D eigenvalue weighted by molar-refractivity contribution is 5.51. The van der Waals surface area contributed by atoms with E-state index >= 15 is 0 Å². The number of aryl methyl sites for hydroxylation is 1. The number of rotatable bonds is 5. The van der Waals surface area contributed by atoms with Gasteiger partial charge in [-0.15, -0.1) is 0 Å². The lowest BCUT2D eigenvalue weighted by atomic mass is 10.1. The normalized spacial score (nSPS) is 10.4. The Balaban J connectivity index is 2.42. The second kappa shape index (κ2) is 5.73. The first-order chi connectivity index (χ1) is 9.60. The molecule has 6 heteroatoms. The van der Waals surface area contributed by atoms with Crippen molar-refractivity contribution in [2.45, 2.75) is 13.5 Å². The molecule has 1 aromatic carbocycles. The molecule has 2 N–H and O–H groups in total. The van der Waals surface area contributed by atoms with Crippen molar-refractivity contribution in [3.05, 3.63) is 29.5 Å². The lowest BCUT2D eigenvalue weighted by Crippen LogP contribution is -2.08. The summed E-state index contributed by atoms with van der Waals surface area (Å²) in [7, 11) is 4.80. The lowest BCUT2D eigenvalue weighted by molar-refractivity contribution is 0.347. The monoisotopic (exact) mass is 277 g/mol. The number of nitrogens with zero attached hydrogens (tertiary/aromatic N) is 2. The van der Waals surface area contributed by atoms with Crippen molar-refractivity contribution in [2.24, 2.45) is 0 Å². The van der Waals surface area contributed by atoms with Gasteiger partial charge in [0, 0.05) is 17.2 Å². The largest absolute Gasteiger partial charge is 0.496 e. The van der Waals surface area contributed by atoms with Crippen LogP contribution in [0.3, 0.4) is 0 Å². The van der Waals surface area contributed by atoms with Crippen LogP contribution in [0, 0.1) is 6.92 Å². The van der Waals surface area contributed by atoms with Gasteiger partial charge in [0.05, 0.1) is 34.1 Å². The molecule has 0 aliphatic rings. The number of benzene rings is 1. The summed E-state index contributed by atoms with van der Waals surface area (Å²) >= 11 is 0. The van der Waals surface area contributed by atoms with E-state index in [-0.39, 0.29) is 0 Å². The first-order valence-electron chi connectivity index (χ1n) is 6.17. The second-order valence-electron chi connectivity index (χ2n) is 4.39. The van der Waals surface area contributed by atoms with Gasteiger partial charge < -0.3 is 19.9 Å². The zero-order valence-corrected chi connectivity index (χ0v) is 12.1. The van der Waals surface area contributed by atoms with Gasteiger partial charge in [0.1, 0.15) is 11.6 Å². The SMILES string of the molecule is COc1cc(OC)c(OC)cc1Cn1ncc(C)c1N. The first-order valence-corrected chi connectivity index (χ1v) is 6.17. The summed E-state index contributed by atoms with van der Waals surface area (Å²) in [4.78, 5) is 0. The standard InChI is InChI=1S/C14H19N3O3/c1-9-7-16-17(14(9)15)8-10-5-12(19-3)13(20-4)6-11(10)18-2/h5-7H,8,15H2,1-4H3. The summed E-state index contributed by atoms with van der Waals surface area (Å²) in [6.45, 7) is 2.42. The molecule has 6 nitrogen and oxygen atoms in total. The van der Waals surface area contributed by atoms with E-state index in [0.29, 0.717) is 29.6 Å². The minimum absolute atomic E-state index is 0.503. The minimum atomic E-state index is 0.503. The Morgan fingerprint density at radius 3 is 2.15 bits per heavy atom. The van der Waals surface area contributed by atoms with Crippen molar-refractivity contribution in [2.75, 3.05) is 27.1 Å². The Bertz CT molecular complexity index is 608. The van der Waals surface area contributed by atoms with Crippen molar-refractivity contribution in [1.82, 2.24) is 9.78 Å². The number of ether oxygens (including phenoxy) is 3. The van der Waals surface area contributed by atoms with E-state index in [9.17, 15) is 0 Å². The first kappa shape index (κ1) is 14.0. The van der Waals surface area contributed by atoms with Gasteiger partial charge in [0.15, 0.2) is 11.5 Å². The van der Waals surface area contributed by atoms with Crippen LogP contribution in [0.4, 0.5) is 5.82 Å². The Morgan fingerprint density at radius 1 is 1.05 bits per heavy atom. The molecule has 0 saturated heterocycles. The second-order valence-corrected chi connectivity index (χ2v) is 4.39. The molecular weight excluding hydrogens is 258 g/mol. The molecule has 0 fully saturated rings. The quantitative estimate of drug-likeness (QED) is 0.903. The minimum Gasteiger partial charge on any atom is -0.496 e. The molecule has 0 unspecified atom stereocenters. The predicted octanol–water partition coefficient (Wildman–Crippen LogP) is 1.85. The van der Waals surface area contributed by atoms with Crippen LogP contribution < -0.4 is 19.9 Å². The van der Waals surface area contributed by atoms with Gasteiger partial charge in [0.25, 0.3) is 0 Å². The van der Waals surface area contributed by atoms with Crippen LogP contribution in [-0.2, 0) is 6.54 Å². The molecule has 2 rings (SSSR count). The van der Waals surface area contributed by atoms with Gasteiger partial charge in [0.2, 0.25) is 0 Å². The number of nitrogen functional groups attached to an aromatic ring is 1. The zero-order chi connectivity index (χ0) is 14.7. The van der Waals surface area contributed by atoms with E-state index in [1.807, 2.05) is 13.0 Å². The zero-order valence-electron chi connectivity index (χ0n) is 12.1. The summed E-state index contributed by atoms with van der Waals surface area (Å²) in [6.07, 6.45) is 1.74. The fourth-order valence-electron chi connectivity index (χ4n) is 1.99. The number of nitrogens with two attached hydrogens (primary N) is 1. The highest BCUT2D eigenvalue weighted by Gasteiger charge is 2.13. The maximum absolute atomic E-state index is 5.97. The molecule has 0 saturated carbocycles. The van der Waals surface area contributed by atoms with Gasteiger partial charge in [-0.3, -0.25) is 0 Å². The van der Waals surface area contributed by atoms with Gasteiger partial charge in [-0.05, 0) is 13.0 Å². The highest BCUT2D eigenvalue weighted by Crippen LogP contribution is 2.35. The van der Waals surface area contributed by atoms with Crippen LogP contribution in [0.5, 0.6) is 17.2 Å². The summed E-state index contributed by atoms with van der Waals surface area (Å²) in [5.41, 5.74) is 7.84. The topological polar surface area (TPSA) is 71.5 Å². The summed E-state index contributed by atoms with van der Waals surface area (Å²) in [5.74, 6) is 2.61. The summed E-state index contributed by atoms with van der Waals surface area (Å²) in [6, 6.07) is 3.66. The molecule has 108 valence electrons. The average molecular weight is 277 g/mol. The third-order valence-electron chi connectivity index (χ3n) is 3.18. The predicted molar refractivity (Wildman–Crippen MR) is 76.6 cm³/mol. The van der Waals surface area contributed by atoms with Crippen molar-refractivity contribution in [3.63, 3.8) is 0 Å². The molecular formula is C14H19N3O3. The number of hydrogen-bond donors (Lipinski definition) is 1. The molecule has 0 aliphatic heterocycles. The molecule has 0 atom stereocenters. The number of methoxy groups -OCH3 is 3. The van der Waals surface area contributed by atoms with Crippen LogP contribution >= 0.6 is 0 Å². The molecule has 0 amide bonds. The van der Waals surface area contributed by atoms with Crippen LogP contribution in [0.1, 0.15) is 11.1 Å². The Hall–Kier alpha value is -2.37. The van der Waals surface area contributed by atoms with Crippen molar-refractivity contribution in [1.29, 1.82) is 0 Å². The van der Waals surface area contributed by atoms with Gasteiger partial charge in [-0.25, -0.2) is 4.68 Å². The molecule has 1 heterocycles. The van der Waals surface area contributed by atoms with E-state index < -0.39 is 0 Å². The molecule has 2 aromatic rings. The Kier molecular flexibility index (Phi) is 4.02. The molecule has 0 radical (unpaired) electrons. The van der Waals surface area contributed by atoms with Gasteiger partial charge in [-0.2, -0.15) is 5.10 Å². The van der Waals surface area contributed by atoms with Crippen LogP contribution in [0.25, 0.3) is 0 Å². The third-order valence-corrected chi connectivity index (χ3v) is 3.18. The van der Waals surface area contributed by atoms with Gasteiger partial charge >= 0.3 is 0 Å². The fourth-order valence-corrected chi connectivity index (χ4v) is 1.99. The maximum Gasteiger partial charge on any atom is 0.164 e. The van der Waals surface area contributed by atoms with Crippen molar-refractivity contribution < 1.29 is 14.2 Å². The van der Waals surface area contributed by atoms with Crippen molar-refractivity contribution in [3.8, 4) is 17.2 Å². The highest BCUT2D eigenvalue weighted by atomic mass is 16.5. The molecule has 1 aromatic heterocycles. The van der Waals surface area contributed by atoms with Crippen molar-refractivity contribution >= 4 is 5.82 Å². The van der Waals surface area contributed by atoms with Crippen LogP contribution in [0.2, 0.25) is 0 Å². The van der Waals surface area contributed by atoms with Crippen LogP contribution in [0.15, 0.2) is 18.3 Å². The van der Waals surface area contributed by atoms with E-state index in [0.717, 1.165) is 11.1 Å². The molecule has 0 spiro atoms. The maximum atomic E-state index is 5.97. The Morgan fingerprint density at radius 2 is 1.65 bits per heavy atom. The smallest absolute Gasteiger partial charge is 0.164 e. The number of anilines is 1. The summed E-state index contributed by atoms with van der Waals surface area (Å²) in [5, 5.41) is 4.25. The molecule has 0 bridgehead atoms. The Labute approximate surface area is 118 Å².